The Hall–Kier alpha value is -2.11. The summed E-state index contributed by atoms with van der Waals surface area (Å²) in [6.45, 7) is 1.98. The van der Waals surface area contributed by atoms with Crippen LogP contribution in [0.2, 0.25) is 0 Å². The number of hydrogen-bond donors (Lipinski definition) is 4. The van der Waals surface area contributed by atoms with Crippen molar-refractivity contribution in [3.8, 4) is 5.75 Å². The minimum absolute atomic E-state index is 0.395. The van der Waals surface area contributed by atoms with Gasteiger partial charge in [-0.15, -0.1) is 15.0 Å². The average molecular weight is 366 g/mol. The van der Waals surface area contributed by atoms with Crippen molar-refractivity contribution in [3.63, 3.8) is 0 Å². The lowest BCUT2D eigenvalue weighted by Crippen LogP contribution is -2.56. The third-order valence-corrected chi connectivity index (χ3v) is 4.16. The summed E-state index contributed by atoms with van der Waals surface area (Å²) in [7, 11) is 0. The minimum atomic E-state index is -1.49. The summed E-state index contributed by atoms with van der Waals surface area (Å²) in [6.07, 6.45) is -6.17. The Balaban J connectivity index is 1.70. The second kappa shape index (κ2) is 8.06. The van der Waals surface area contributed by atoms with Crippen LogP contribution in [0.4, 0.5) is 0 Å². The molecule has 0 aliphatic carbocycles. The van der Waals surface area contributed by atoms with Gasteiger partial charge >= 0.3 is 0 Å². The van der Waals surface area contributed by atoms with Crippen LogP contribution < -0.4 is 4.74 Å². The van der Waals surface area contributed by atoms with Gasteiger partial charge in [-0.1, -0.05) is 12.1 Å². The Morgan fingerprint density at radius 3 is 2.50 bits per heavy atom. The van der Waals surface area contributed by atoms with E-state index in [1.54, 1.807) is 0 Å². The van der Waals surface area contributed by atoms with Gasteiger partial charge in [0.15, 0.2) is 12.1 Å². The third-order valence-electron chi connectivity index (χ3n) is 4.16. The van der Waals surface area contributed by atoms with Crippen LogP contribution in [0.25, 0.3) is 0 Å². The largest absolute Gasteiger partial charge is 0.494 e. The van der Waals surface area contributed by atoms with E-state index in [0.29, 0.717) is 18.9 Å². The van der Waals surface area contributed by atoms with E-state index in [-0.39, 0.29) is 0 Å². The van der Waals surface area contributed by atoms with Crippen LogP contribution in [-0.2, 0) is 11.2 Å². The lowest BCUT2D eigenvalue weighted by molar-refractivity contribution is -0.257. The minimum Gasteiger partial charge on any atom is -0.494 e. The van der Waals surface area contributed by atoms with Gasteiger partial charge in [0.2, 0.25) is 0 Å². The molecule has 0 radical (unpaired) electrons. The molecule has 142 valence electrons. The lowest BCUT2D eigenvalue weighted by atomic mass is 9.99. The highest BCUT2D eigenvalue weighted by Gasteiger charge is 2.45. The van der Waals surface area contributed by atoms with Gasteiger partial charge in [0.25, 0.3) is 0 Å². The number of hydrogen-bond acceptors (Lipinski definition) is 9. The van der Waals surface area contributed by atoms with Crippen LogP contribution in [-0.4, -0.2) is 78.3 Å². The van der Waals surface area contributed by atoms with Crippen molar-refractivity contribution in [2.45, 2.75) is 44.0 Å². The molecule has 5 atom stereocenters. The van der Waals surface area contributed by atoms with Crippen molar-refractivity contribution in [2.75, 3.05) is 13.2 Å². The normalized spacial score (nSPS) is 28.9. The fourth-order valence-electron chi connectivity index (χ4n) is 2.76. The van der Waals surface area contributed by atoms with Gasteiger partial charge in [-0.3, -0.25) is 0 Å². The van der Waals surface area contributed by atoms with Gasteiger partial charge in [0.1, 0.15) is 30.2 Å². The molecule has 0 saturated carbocycles. The monoisotopic (exact) mass is 366 g/mol. The molecular weight excluding hydrogens is 344 g/mol. The maximum absolute atomic E-state index is 10.1. The molecular formula is C16H22N4O6. The molecule has 4 N–H and O–H groups in total. The first-order valence-corrected chi connectivity index (χ1v) is 8.34. The van der Waals surface area contributed by atoms with Crippen LogP contribution in [0.1, 0.15) is 24.5 Å². The quantitative estimate of drug-likeness (QED) is 0.487. The number of aliphatic hydroxyl groups is 4. The van der Waals surface area contributed by atoms with Gasteiger partial charge < -0.3 is 29.9 Å². The predicted octanol–water partition coefficient (Wildman–Crippen LogP) is -1.36. The van der Waals surface area contributed by atoms with Gasteiger partial charge in [0.05, 0.1) is 13.2 Å². The van der Waals surface area contributed by atoms with Crippen LogP contribution in [0, 0.1) is 0 Å². The molecule has 0 spiro atoms. The predicted molar refractivity (Wildman–Crippen MR) is 87.3 cm³/mol. The highest BCUT2D eigenvalue weighted by Crippen LogP contribution is 2.27. The Kier molecular flexibility index (Phi) is 5.79. The number of rotatable bonds is 6. The summed E-state index contributed by atoms with van der Waals surface area (Å²) in [6, 6.07) is 7.47. The molecule has 2 aromatic rings. The van der Waals surface area contributed by atoms with Crippen molar-refractivity contribution in [3.05, 3.63) is 35.7 Å². The van der Waals surface area contributed by atoms with E-state index >= 15 is 0 Å². The van der Waals surface area contributed by atoms with E-state index in [9.17, 15) is 20.4 Å². The van der Waals surface area contributed by atoms with E-state index in [1.165, 1.54) is 0 Å². The van der Waals surface area contributed by atoms with Gasteiger partial charge in [-0.2, -0.15) is 0 Å². The molecule has 0 bridgehead atoms. The Bertz CT molecular complexity index is 707. The van der Waals surface area contributed by atoms with E-state index in [2.05, 4.69) is 15.4 Å². The zero-order chi connectivity index (χ0) is 18.7. The zero-order valence-electron chi connectivity index (χ0n) is 14.2. The van der Waals surface area contributed by atoms with Crippen LogP contribution in [0.5, 0.6) is 5.75 Å². The van der Waals surface area contributed by atoms with Gasteiger partial charge in [-0.05, 0) is 29.8 Å². The fourth-order valence-corrected chi connectivity index (χ4v) is 2.76. The number of aliphatic hydroxyl groups excluding tert-OH is 4. The second-order valence-corrected chi connectivity index (χ2v) is 6.00. The maximum Gasteiger partial charge on any atom is 0.199 e. The number of tetrazole rings is 1. The number of ether oxygens (including phenoxy) is 2. The third kappa shape index (κ3) is 3.84. The van der Waals surface area contributed by atoms with E-state index in [4.69, 9.17) is 9.47 Å². The van der Waals surface area contributed by atoms with Crippen LogP contribution >= 0.6 is 0 Å². The molecule has 26 heavy (non-hydrogen) atoms. The van der Waals surface area contributed by atoms with Crippen LogP contribution in [0.3, 0.4) is 0 Å². The van der Waals surface area contributed by atoms with Gasteiger partial charge in [-0.25, -0.2) is 0 Å². The van der Waals surface area contributed by atoms with Crippen molar-refractivity contribution in [1.29, 1.82) is 0 Å². The molecule has 1 saturated heterocycles. The molecule has 1 aromatic heterocycles. The van der Waals surface area contributed by atoms with Crippen molar-refractivity contribution < 1.29 is 29.9 Å². The van der Waals surface area contributed by atoms with Crippen molar-refractivity contribution >= 4 is 0 Å². The van der Waals surface area contributed by atoms with Crippen LogP contribution in [0.15, 0.2) is 24.3 Å². The SMILES string of the molecule is CCOc1ccc(Cc2nnn([C@@H]3O[C@H](CO)[C@@H](O)[C@H](O)[C@H]3O)n2)cc1. The summed E-state index contributed by atoms with van der Waals surface area (Å²) in [4.78, 5) is 1.03. The molecule has 1 aliphatic rings. The first-order chi connectivity index (χ1) is 12.5. The van der Waals surface area contributed by atoms with Crippen molar-refractivity contribution in [2.24, 2.45) is 0 Å². The second-order valence-electron chi connectivity index (χ2n) is 6.00. The summed E-state index contributed by atoms with van der Waals surface area (Å²) in [5.74, 6) is 1.17. The first-order valence-electron chi connectivity index (χ1n) is 8.34. The molecule has 2 heterocycles. The molecule has 10 nitrogen and oxygen atoms in total. The molecule has 1 aromatic carbocycles. The average Bonchev–Trinajstić information content (AvgIpc) is 3.10. The number of benzene rings is 1. The Morgan fingerprint density at radius 1 is 1.12 bits per heavy atom. The smallest absolute Gasteiger partial charge is 0.199 e. The highest BCUT2D eigenvalue weighted by atomic mass is 16.6. The first kappa shape index (κ1) is 18.7. The van der Waals surface area contributed by atoms with E-state index < -0.39 is 37.3 Å². The molecule has 3 rings (SSSR count). The standard InChI is InChI=1S/C16H22N4O6/c1-2-25-10-5-3-9(4-6-10)7-12-17-19-20(18-12)16-15(24)14(23)13(22)11(8-21)26-16/h3-6,11,13-16,21-24H,2,7-8H2,1H3/t11-,13-,14+,15-,16-/m1/s1. The van der Waals surface area contributed by atoms with E-state index in [0.717, 1.165) is 16.1 Å². The summed E-state index contributed by atoms with van der Waals surface area (Å²) in [5.41, 5.74) is 0.946. The lowest BCUT2D eigenvalue weighted by Gasteiger charge is -2.38. The number of aromatic nitrogens is 4. The molecule has 0 unspecified atom stereocenters. The molecule has 1 fully saturated rings. The van der Waals surface area contributed by atoms with Gasteiger partial charge in [0, 0.05) is 6.42 Å². The topological polar surface area (TPSA) is 143 Å². The highest BCUT2D eigenvalue weighted by molar-refractivity contribution is 5.28. The number of nitrogens with zero attached hydrogens (tertiary/aromatic N) is 4. The Morgan fingerprint density at radius 2 is 1.85 bits per heavy atom. The fraction of sp³-hybridized carbons (Fsp3) is 0.562. The summed E-state index contributed by atoms with van der Waals surface area (Å²) in [5, 5.41) is 50.9. The van der Waals surface area contributed by atoms with Crippen molar-refractivity contribution in [1.82, 2.24) is 20.2 Å². The summed E-state index contributed by atoms with van der Waals surface area (Å²) >= 11 is 0. The Labute approximate surface area is 149 Å². The zero-order valence-corrected chi connectivity index (χ0v) is 14.2. The molecule has 1 aliphatic heterocycles. The summed E-state index contributed by atoms with van der Waals surface area (Å²) < 4.78 is 10.8. The molecule has 0 amide bonds. The molecule has 10 heteroatoms. The maximum atomic E-state index is 10.1. The van der Waals surface area contributed by atoms with E-state index in [1.807, 2.05) is 31.2 Å².